The van der Waals surface area contributed by atoms with Crippen LogP contribution in [0, 0.1) is 0 Å². The van der Waals surface area contributed by atoms with Gasteiger partial charge in [-0.1, -0.05) is 25.4 Å². The van der Waals surface area contributed by atoms with Crippen molar-refractivity contribution < 1.29 is 23.8 Å². The first-order valence-electron chi connectivity index (χ1n) is 11.9. The Kier molecular flexibility index (Phi) is 7.23. The molecule has 174 valence electrons. The smallest absolute Gasteiger partial charge is 0.261 e. The Morgan fingerprint density at radius 2 is 1.62 bits per heavy atom. The summed E-state index contributed by atoms with van der Waals surface area (Å²) in [5.41, 5.74) is 1.81. The lowest BCUT2D eigenvalue weighted by Crippen LogP contribution is -2.47. The van der Waals surface area contributed by atoms with Gasteiger partial charge < -0.3 is 14.2 Å². The molecule has 1 atom stereocenters. The molecule has 0 saturated heterocycles. The highest BCUT2D eigenvalue weighted by Crippen LogP contribution is 2.42. The molecular formula is C25H32ClNO5. The van der Waals surface area contributed by atoms with Crippen LogP contribution in [-0.2, 0) is 19.1 Å². The van der Waals surface area contributed by atoms with Crippen LogP contribution in [0.4, 0.5) is 5.69 Å². The van der Waals surface area contributed by atoms with Gasteiger partial charge in [0.25, 0.3) is 11.8 Å². The highest BCUT2D eigenvalue weighted by molar-refractivity contribution is 6.34. The van der Waals surface area contributed by atoms with E-state index >= 15 is 0 Å². The number of rotatable bonds is 9. The van der Waals surface area contributed by atoms with Crippen LogP contribution >= 0.6 is 11.6 Å². The average molecular weight is 462 g/mol. The Morgan fingerprint density at radius 3 is 2.22 bits per heavy atom. The fraction of sp³-hybridized carbons (Fsp3) is 0.600. The van der Waals surface area contributed by atoms with Gasteiger partial charge in [-0.05, 0) is 63.5 Å². The molecule has 0 radical (unpaired) electrons. The molecule has 2 aliphatic carbocycles. The van der Waals surface area contributed by atoms with E-state index in [1.165, 1.54) is 4.90 Å². The van der Waals surface area contributed by atoms with Crippen molar-refractivity contribution in [3.63, 3.8) is 0 Å². The SMILES string of the molecule is CCCOC1(OCCC)CCCC1Oc1cc(N2C(=O)C3=C(CCCC3)C2=O)ccc1Cl. The topological polar surface area (TPSA) is 65.1 Å². The van der Waals surface area contributed by atoms with Gasteiger partial charge in [-0.25, -0.2) is 4.90 Å². The highest BCUT2D eigenvalue weighted by atomic mass is 35.5. The first-order valence-corrected chi connectivity index (χ1v) is 12.2. The van der Waals surface area contributed by atoms with Crippen molar-refractivity contribution in [1.29, 1.82) is 0 Å². The molecule has 7 heteroatoms. The average Bonchev–Trinajstić information content (AvgIpc) is 3.31. The van der Waals surface area contributed by atoms with Gasteiger partial charge in [-0.2, -0.15) is 0 Å². The van der Waals surface area contributed by atoms with E-state index in [0.29, 0.717) is 53.7 Å². The number of hydrogen-bond donors (Lipinski definition) is 0. The van der Waals surface area contributed by atoms with Crippen molar-refractivity contribution in [2.75, 3.05) is 18.1 Å². The number of nitrogens with zero attached hydrogens (tertiary/aromatic N) is 1. The molecule has 1 aliphatic heterocycles. The quantitative estimate of drug-likeness (QED) is 0.355. The molecule has 6 nitrogen and oxygen atoms in total. The van der Waals surface area contributed by atoms with Crippen LogP contribution in [0.1, 0.15) is 71.6 Å². The van der Waals surface area contributed by atoms with Crippen molar-refractivity contribution in [3.05, 3.63) is 34.4 Å². The lowest BCUT2D eigenvalue weighted by molar-refractivity contribution is -0.266. The van der Waals surface area contributed by atoms with E-state index in [1.54, 1.807) is 18.2 Å². The molecule has 4 rings (SSSR count). The predicted molar refractivity (Wildman–Crippen MR) is 123 cm³/mol. The predicted octanol–water partition coefficient (Wildman–Crippen LogP) is 5.56. The number of imide groups is 1. The van der Waals surface area contributed by atoms with Crippen LogP contribution in [-0.4, -0.2) is 36.9 Å². The van der Waals surface area contributed by atoms with Gasteiger partial charge in [0, 0.05) is 36.8 Å². The first-order chi connectivity index (χ1) is 15.5. The third-order valence-corrected chi connectivity index (χ3v) is 6.73. The fourth-order valence-corrected chi connectivity index (χ4v) is 5.00. The van der Waals surface area contributed by atoms with Crippen LogP contribution in [0.25, 0.3) is 0 Å². The number of halogens is 1. The molecular weight excluding hydrogens is 430 g/mol. The summed E-state index contributed by atoms with van der Waals surface area (Å²) in [5, 5.41) is 0.428. The number of carbonyl (C=O) groups is 2. The zero-order valence-corrected chi connectivity index (χ0v) is 19.7. The molecule has 32 heavy (non-hydrogen) atoms. The fourth-order valence-electron chi connectivity index (χ4n) is 4.83. The van der Waals surface area contributed by atoms with Crippen molar-refractivity contribution in [2.24, 2.45) is 0 Å². The Labute approximate surface area is 194 Å². The molecule has 1 unspecified atom stereocenters. The van der Waals surface area contributed by atoms with Gasteiger partial charge in [0.2, 0.25) is 5.79 Å². The minimum Gasteiger partial charge on any atom is -0.483 e. The van der Waals surface area contributed by atoms with E-state index in [-0.39, 0.29) is 17.9 Å². The summed E-state index contributed by atoms with van der Waals surface area (Å²) in [5.74, 6) is -0.798. The number of ether oxygens (including phenoxy) is 3. The van der Waals surface area contributed by atoms with Gasteiger partial charge in [0.05, 0.1) is 10.7 Å². The maximum atomic E-state index is 13.0. The largest absolute Gasteiger partial charge is 0.483 e. The number of hydrogen-bond acceptors (Lipinski definition) is 5. The summed E-state index contributed by atoms with van der Waals surface area (Å²) in [4.78, 5) is 27.2. The van der Waals surface area contributed by atoms with Crippen molar-refractivity contribution in [1.82, 2.24) is 0 Å². The lowest BCUT2D eigenvalue weighted by Gasteiger charge is -2.35. The molecule has 1 aromatic rings. The minimum absolute atomic E-state index is 0.217. The summed E-state index contributed by atoms with van der Waals surface area (Å²) in [6.45, 7) is 5.31. The van der Waals surface area contributed by atoms with Crippen molar-refractivity contribution in [2.45, 2.75) is 83.5 Å². The molecule has 1 saturated carbocycles. The van der Waals surface area contributed by atoms with Gasteiger partial charge in [-0.3, -0.25) is 9.59 Å². The van der Waals surface area contributed by atoms with Crippen LogP contribution < -0.4 is 9.64 Å². The Balaban J connectivity index is 1.58. The molecule has 1 aromatic carbocycles. The van der Waals surface area contributed by atoms with E-state index in [4.69, 9.17) is 25.8 Å². The van der Waals surface area contributed by atoms with Gasteiger partial charge in [-0.15, -0.1) is 0 Å². The maximum absolute atomic E-state index is 13.0. The number of anilines is 1. The van der Waals surface area contributed by atoms with Gasteiger partial charge in [0.1, 0.15) is 5.75 Å². The zero-order valence-electron chi connectivity index (χ0n) is 19.0. The second-order valence-corrected chi connectivity index (χ2v) is 9.14. The maximum Gasteiger partial charge on any atom is 0.261 e. The summed E-state index contributed by atoms with van der Waals surface area (Å²) in [7, 11) is 0. The van der Waals surface area contributed by atoms with Crippen LogP contribution in [0.3, 0.4) is 0 Å². The third kappa shape index (κ3) is 4.33. The molecule has 3 aliphatic rings. The second-order valence-electron chi connectivity index (χ2n) is 8.73. The molecule has 1 heterocycles. The molecule has 1 fully saturated rings. The summed E-state index contributed by atoms with van der Waals surface area (Å²) < 4.78 is 18.7. The Bertz CT molecular complexity index is 876. The summed E-state index contributed by atoms with van der Waals surface area (Å²) in [6.07, 6.45) is 7.15. The normalized spacial score (nSPS) is 22.6. The van der Waals surface area contributed by atoms with E-state index in [0.717, 1.165) is 44.9 Å². The van der Waals surface area contributed by atoms with Crippen molar-refractivity contribution >= 4 is 29.1 Å². The van der Waals surface area contributed by atoms with E-state index in [2.05, 4.69) is 13.8 Å². The van der Waals surface area contributed by atoms with E-state index in [9.17, 15) is 9.59 Å². The third-order valence-electron chi connectivity index (χ3n) is 6.42. The van der Waals surface area contributed by atoms with Gasteiger partial charge in [0.15, 0.2) is 6.10 Å². The van der Waals surface area contributed by atoms with Crippen molar-refractivity contribution in [3.8, 4) is 5.75 Å². The standard InChI is InChI=1S/C25H32ClNO5/c1-3-14-30-25(31-15-4-2)13-7-10-22(25)32-21-16-17(11-12-20(21)26)27-23(28)18-8-5-6-9-19(18)24(27)29/h11-12,16,22H,3-10,13-15H2,1-2H3. The summed E-state index contributed by atoms with van der Waals surface area (Å²) in [6, 6.07) is 5.08. The molecule has 2 amide bonds. The van der Waals surface area contributed by atoms with E-state index in [1.807, 2.05) is 0 Å². The molecule has 0 bridgehead atoms. The molecule has 0 spiro atoms. The van der Waals surface area contributed by atoms with Crippen LogP contribution in [0.15, 0.2) is 29.3 Å². The molecule has 0 N–H and O–H groups in total. The number of benzene rings is 1. The Morgan fingerprint density at radius 1 is 1.00 bits per heavy atom. The number of carbonyl (C=O) groups excluding carboxylic acids is 2. The monoisotopic (exact) mass is 461 g/mol. The van der Waals surface area contributed by atoms with E-state index < -0.39 is 5.79 Å². The minimum atomic E-state index is -0.800. The zero-order chi connectivity index (χ0) is 22.7. The Hall–Kier alpha value is -1.89. The lowest BCUT2D eigenvalue weighted by atomic mass is 9.93. The van der Waals surface area contributed by atoms with Gasteiger partial charge >= 0.3 is 0 Å². The van der Waals surface area contributed by atoms with Crippen LogP contribution in [0.2, 0.25) is 5.02 Å². The molecule has 0 aromatic heterocycles. The second kappa shape index (κ2) is 9.94. The first kappa shape index (κ1) is 23.3. The summed E-state index contributed by atoms with van der Waals surface area (Å²) >= 11 is 6.47. The highest BCUT2D eigenvalue weighted by Gasteiger charge is 2.47. The van der Waals surface area contributed by atoms with Crippen LogP contribution in [0.5, 0.6) is 5.75 Å². The number of amides is 2.